The van der Waals surface area contributed by atoms with Gasteiger partial charge in [0, 0.05) is 24.5 Å². The Bertz CT molecular complexity index is 668. The fourth-order valence-electron chi connectivity index (χ4n) is 1.86. The number of aryl methyl sites for hydroxylation is 1. The monoisotopic (exact) mass is 246 g/mol. The highest BCUT2D eigenvalue weighted by molar-refractivity contribution is 6.33. The van der Waals surface area contributed by atoms with Gasteiger partial charge in [-0.15, -0.1) is 0 Å². The molecule has 3 heterocycles. The van der Waals surface area contributed by atoms with Crippen LogP contribution in [0.2, 0.25) is 5.02 Å². The van der Waals surface area contributed by atoms with Gasteiger partial charge < -0.3 is 0 Å². The molecule has 0 aromatic carbocycles. The maximum atomic E-state index is 6.09. The van der Waals surface area contributed by atoms with Crippen molar-refractivity contribution in [3.63, 3.8) is 0 Å². The zero-order valence-corrected chi connectivity index (χ0v) is 10.1. The van der Waals surface area contributed by atoms with Gasteiger partial charge in [-0.25, -0.2) is 4.98 Å². The smallest absolute Gasteiger partial charge is 0.156 e. The minimum absolute atomic E-state index is 0.654. The molecule has 5 heteroatoms. The van der Waals surface area contributed by atoms with Gasteiger partial charge in [-0.05, 0) is 19.1 Å². The molecule has 0 fully saturated rings. The Kier molecular flexibility index (Phi) is 2.37. The summed E-state index contributed by atoms with van der Waals surface area (Å²) in [5, 5.41) is 4.92. The second-order valence-corrected chi connectivity index (χ2v) is 4.19. The van der Waals surface area contributed by atoms with Crippen molar-refractivity contribution in [2.75, 3.05) is 0 Å². The molecule has 0 aliphatic heterocycles. The molecule has 3 aromatic rings. The first kappa shape index (κ1) is 10.4. The van der Waals surface area contributed by atoms with Crippen LogP contribution in [0.4, 0.5) is 0 Å². The first-order valence-electron chi connectivity index (χ1n) is 5.44. The molecule has 0 saturated carbocycles. The number of imidazole rings is 1. The number of rotatable bonds is 2. The average molecular weight is 247 g/mol. The summed E-state index contributed by atoms with van der Waals surface area (Å²) in [5.74, 6) is 0. The van der Waals surface area contributed by atoms with E-state index in [0.29, 0.717) is 5.02 Å². The summed E-state index contributed by atoms with van der Waals surface area (Å²) < 4.78 is 3.86. The topological polar surface area (TPSA) is 35.1 Å². The molecule has 0 atom stereocenters. The molecule has 3 rings (SSSR count). The fourth-order valence-corrected chi connectivity index (χ4v) is 2.07. The van der Waals surface area contributed by atoms with E-state index in [4.69, 9.17) is 11.6 Å². The van der Waals surface area contributed by atoms with Gasteiger partial charge in [0.2, 0.25) is 0 Å². The maximum absolute atomic E-state index is 6.09. The van der Waals surface area contributed by atoms with Gasteiger partial charge in [0.05, 0.1) is 23.1 Å². The van der Waals surface area contributed by atoms with E-state index in [2.05, 4.69) is 17.0 Å². The van der Waals surface area contributed by atoms with E-state index in [0.717, 1.165) is 23.4 Å². The summed E-state index contributed by atoms with van der Waals surface area (Å²) >= 11 is 6.09. The fraction of sp³-hybridized carbons (Fsp3) is 0.167. The summed E-state index contributed by atoms with van der Waals surface area (Å²) in [6, 6.07) is 3.74. The molecule has 0 unspecified atom stereocenters. The molecule has 0 aliphatic carbocycles. The molecule has 0 aliphatic rings. The van der Waals surface area contributed by atoms with Crippen molar-refractivity contribution in [2.45, 2.75) is 13.5 Å². The SMILES string of the molecule is CCn1cc(-c2cnc3c(Cl)cccn23)cn1. The Morgan fingerprint density at radius 1 is 1.35 bits per heavy atom. The van der Waals surface area contributed by atoms with Gasteiger partial charge in [0.25, 0.3) is 0 Å². The third-order valence-corrected chi connectivity index (χ3v) is 3.04. The van der Waals surface area contributed by atoms with Crippen molar-refractivity contribution in [3.05, 3.63) is 41.9 Å². The predicted octanol–water partition coefficient (Wildman–Crippen LogP) is 2.87. The number of fused-ring (bicyclic) bond motifs is 1. The van der Waals surface area contributed by atoms with E-state index in [1.54, 1.807) is 0 Å². The predicted molar refractivity (Wildman–Crippen MR) is 67.1 cm³/mol. The van der Waals surface area contributed by atoms with Crippen molar-refractivity contribution in [1.82, 2.24) is 19.2 Å². The number of aromatic nitrogens is 4. The van der Waals surface area contributed by atoms with Crippen molar-refractivity contribution < 1.29 is 0 Å². The zero-order valence-electron chi connectivity index (χ0n) is 9.34. The van der Waals surface area contributed by atoms with Crippen LogP contribution in [-0.4, -0.2) is 19.2 Å². The van der Waals surface area contributed by atoms with Gasteiger partial charge in [-0.3, -0.25) is 9.08 Å². The summed E-state index contributed by atoms with van der Waals surface area (Å²) in [6.45, 7) is 2.92. The van der Waals surface area contributed by atoms with Crippen LogP contribution in [0.1, 0.15) is 6.92 Å². The molecular weight excluding hydrogens is 236 g/mol. The number of hydrogen-bond donors (Lipinski definition) is 0. The highest BCUT2D eigenvalue weighted by Gasteiger charge is 2.09. The third-order valence-electron chi connectivity index (χ3n) is 2.74. The van der Waals surface area contributed by atoms with Gasteiger partial charge in [0.1, 0.15) is 0 Å². The lowest BCUT2D eigenvalue weighted by Gasteiger charge is -1.99. The van der Waals surface area contributed by atoms with Crippen LogP contribution in [0.5, 0.6) is 0 Å². The Labute approximate surface area is 103 Å². The minimum atomic E-state index is 0.654. The van der Waals surface area contributed by atoms with Crippen LogP contribution in [-0.2, 0) is 6.54 Å². The molecule has 0 saturated heterocycles. The third kappa shape index (κ3) is 1.61. The molecule has 0 amide bonds. The van der Waals surface area contributed by atoms with Crippen LogP contribution in [0, 0.1) is 0 Å². The van der Waals surface area contributed by atoms with Crippen molar-refractivity contribution in [1.29, 1.82) is 0 Å². The second-order valence-electron chi connectivity index (χ2n) is 3.78. The van der Waals surface area contributed by atoms with E-state index in [-0.39, 0.29) is 0 Å². The number of pyridine rings is 1. The lowest BCUT2D eigenvalue weighted by molar-refractivity contribution is 0.660. The Hall–Kier alpha value is -1.81. The maximum Gasteiger partial charge on any atom is 0.156 e. The number of halogens is 1. The van der Waals surface area contributed by atoms with Gasteiger partial charge in [0.15, 0.2) is 5.65 Å². The molecule has 0 spiro atoms. The average Bonchev–Trinajstić information content (AvgIpc) is 2.94. The molecule has 4 nitrogen and oxygen atoms in total. The Morgan fingerprint density at radius 3 is 3.00 bits per heavy atom. The van der Waals surface area contributed by atoms with E-state index >= 15 is 0 Å². The highest BCUT2D eigenvalue weighted by atomic mass is 35.5. The van der Waals surface area contributed by atoms with Crippen LogP contribution in [0.25, 0.3) is 16.9 Å². The normalized spacial score (nSPS) is 11.2. The number of hydrogen-bond acceptors (Lipinski definition) is 2. The molecule has 17 heavy (non-hydrogen) atoms. The van der Waals surface area contributed by atoms with Gasteiger partial charge >= 0.3 is 0 Å². The van der Waals surface area contributed by atoms with Crippen LogP contribution in [0.3, 0.4) is 0 Å². The standard InChI is InChI=1S/C12H11ClN4/c1-2-16-8-9(6-15-16)11-7-14-12-10(13)4-3-5-17(11)12/h3-8H,2H2,1H3. The summed E-state index contributed by atoms with van der Waals surface area (Å²) in [7, 11) is 0. The van der Waals surface area contributed by atoms with E-state index in [1.807, 2.05) is 46.0 Å². The number of nitrogens with zero attached hydrogens (tertiary/aromatic N) is 4. The highest BCUT2D eigenvalue weighted by Crippen LogP contribution is 2.23. The molecule has 0 radical (unpaired) electrons. The molecular formula is C12H11ClN4. The minimum Gasteiger partial charge on any atom is -0.298 e. The van der Waals surface area contributed by atoms with E-state index in [1.165, 1.54) is 0 Å². The van der Waals surface area contributed by atoms with E-state index < -0.39 is 0 Å². The van der Waals surface area contributed by atoms with Crippen LogP contribution >= 0.6 is 11.6 Å². The Balaban J connectivity index is 2.20. The molecule has 0 N–H and O–H groups in total. The molecule has 0 bridgehead atoms. The van der Waals surface area contributed by atoms with Gasteiger partial charge in [-0.2, -0.15) is 5.10 Å². The molecule has 86 valence electrons. The zero-order chi connectivity index (χ0) is 11.8. The quantitative estimate of drug-likeness (QED) is 0.697. The van der Waals surface area contributed by atoms with Crippen molar-refractivity contribution in [2.24, 2.45) is 0 Å². The van der Waals surface area contributed by atoms with Gasteiger partial charge in [-0.1, -0.05) is 11.6 Å². The Morgan fingerprint density at radius 2 is 2.24 bits per heavy atom. The van der Waals surface area contributed by atoms with Crippen molar-refractivity contribution >= 4 is 17.2 Å². The second kappa shape index (κ2) is 3.89. The van der Waals surface area contributed by atoms with Crippen molar-refractivity contribution in [3.8, 4) is 11.3 Å². The summed E-state index contributed by atoms with van der Waals surface area (Å²) in [5.41, 5.74) is 2.82. The lowest BCUT2D eigenvalue weighted by atomic mass is 10.3. The summed E-state index contributed by atoms with van der Waals surface area (Å²) in [6.07, 6.45) is 7.61. The molecule has 3 aromatic heterocycles. The largest absolute Gasteiger partial charge is 0.298 e. The van der Waals surface area contributed by atoms with E-state index in [9.17, 15) is 0 Å². The van der Waals surface area contributed by atoms with Crippen LogP contribution in [0.15, 0.2) is 36.9 Å². The first-order chi connectivity index (χ1) is 8.29. The lowest BCUT2D eigenvalue weighted by Crippen LogP contribution is -1.92. The first-order valence-corrected chi connectivity index (χ1v) is 5.82. The van der Waals surface area contributed by atoms with Crippen LogP contribution < -0.4 is 0 Å². The summed E-state index contributed by atoms with van der Waals surface area (Å²) in [4.78, 5) is 4.32.